The molecule has 2 heterocycles. The van der Waals surface area contributed by atoms with Gasteiger partial charge in [0.1, 0.15) is 5.75 Å². The summed E-state index contributed by atoms with van der Waals surface area (Å²) in [5.74, 6) is -1.18. The maximum atomic E-state index is 13.1. The number of hydrogen-bond acceptors (Lipinski definition) is 6. The molecule has 29 heavy (non-hydrogen) atoms. The minimum absolute atomic E-state index is 0.121. The molecule has 0 aliphatic carbocycles. The lowest BCUT2D eigenvalue weighted by atomic mass is 10.3. The highest BCUT2D eigenvalue weighted by atomic mass is 32.2. The Kier molecular flexibility index (Phi) is 5.37. The highest BCUT2D eigenvalue weighted by molar-refractivity contribution is 7.92. The Labute approximate surface area is 172 Å². The molecule has 8 heteroatoms. The number of thiazole rings is 1. The molecule has 2 aromatic carbocycles. The summed E-state index contributed by atoms with van der Waals surface area (Å²) in [6.07, 6.45) is 1.64. The topological polar surface area (TPSA) is 80.2 Å². The molecule has 0 N–H and O–H groups in total. The van der Waals surface area contributed by atoms with Gasteiger partial charge in [-0.15, -0.1) is 0 Å². The number of benzene rings is 2. The first-order valence-corrected chi connectivity index (χ1v) is 11.3. The fourth-order valence-electron chi connectivity index (χ4n) is 2.84. The van der Waals surface area contributed by atoms with Gasteiger partial charge >= 0.3 is 0 Å². The van der Waals surface area contributed by atoms with Crippen LogP contribution >= 0.6 is 11.3 Å². The van der Waals surface area contributed by atoms with Crippen molar-refractivity contribution in [3.05, 3.63) is 84.7 Å². The van der Waals surface area contributed by atoms with E-state index < -0.39 is 21.5 Å². The van der Waals surface area contributed by atoms with Gasteiger partial charge in [-0.3, -0.25) is 14.7 Å². The fraction of sp³-hybridized carbons (Fsp3) is 0.0952. The van der Waals surface area contributed by atoms with Crippen LogP contribution in [0.15, 0.2) is 83.9 Å². The predicted octanol–water partition coefficient (Wildman–Crippen LogP) is 3.70. The number of rotatable bonds is 6. The molecule has 0 aliphatic rings. The van der Waals surface area contributed by atoms with Crippen molar-refractivity contribution in [2.24, 2.45) is 0 Å². The third-order valence-corrected chi connectivity index (χ3v) is 6.95. The molecule has 4 rings (SSSR count). The number of para-hydroxylation sites is 1. The summed E-state index contributed by atoms with van der Waals surface area (Å²) in [5, 5.41) is 0.449. The van der Waals surface area contributed by atoms with Gasteiger partial charge in [-0.1, -0.05) is 47.7 Å². The van der Waals surface area contributed by atoms with Gasteiger partial charge in [-0.05, 0) is 36.4 Å². The van der Waals surface area contributed by atoms with Crippen LogP contribution in [0.4, 0.5) is 5.13 Å². The highest BCUT2D eigenvalue weighted by Gasteiger charge is 2.27. The number of aromatic nitrogens is 2. The summed E-state index contributed by atoms with van der Waals surface area (Å²) < 4.78 is 26.4. The molecule has 0 saturated carbocycles. The Morgan fingerprint density at radius 3 is 2.38 bits per heavy atom. The lowest BCUT2D eigenvalue weighted by molar-refractivity contribution is -0.116. The summed E-state index contributed by atoms with van der Waals surface area (Å²) in [5.41, 5.74) is 1.41. The molecule has 0 aliphatic heterocycles. The maximum Gasteiger partial charge on any atom is 0.244 e. The smallest absolute Gasteiger partial charge is 0.244 e. The van der Waals surface area contributed by atoms with E-state index in [4.69, 9.17) is 0 Å². The van der Waals surface area contributed by atoms with Gasteiger partial charge in [0.2, 0.25) is 5.91 Å². The Morgan fingerprint density at radius 1 is 0.931 bits per heavy atom. The molecule has 146 valence electrons. The molecular formula is C21H17N3O3S2. The van der Waals surface area contributed by atoms with Crippen molar-refractivity contribution in [2.75, 3.05) is 10.7 Å². The Morgan fingerprint density at radius 2 is 1.66 bits per heavy atom. The Hall–Kier alpha value is -3.10. The molecule has 0 fully saturated rings. The molecular weight excluding hydrogens is 406 g/mol. The minimum atomic E-state index is -3.77. The van der Waals surface area contributed by atoms with Crippen LogP contribution in [0.5, 0.6) is 0 Å². The predicted molar refractivity (Wildman–Crippen MR) is 114 cm³/mol. The van der Waals surface area contributed by atoms with E-state index in [1.165, 1.54) is 28.4 Å². The fourth-order valence-corrected chi connectivity index (χ4v) is 5.04. The van der Waals surface area contributed by atoms with E-state index in [9.17, 15) is 13.2 Å². The lowest BCUT2D eigenvalue weighted by Gasteiger charge is -2.19. The van der Waals surface area contributed by atoms with Gasteiger partial charge in [0.15, 0.2) is 15.0 Å². The molecule has 0 bridgehead atoms. The van der Waals surface area contributed by atoms with Gasteiger partial charge < -0.3 is 0 Å². The van der Waals surface area contributed by atoms with Crippen LogP contribution in [0.2, 0.25) is 0 Å². The molecule has 6 nitrogen and oxygen atoms in total. The Bertz CT molecular complexity index is 1210. The monoisotopic (exact) mass is 423 g/mol. The quantitative estimate of drug-likeness (QED) is 0.472. The minimum Gasteiger partial charge on any atom is -0.281 e. The third-order valence-electron chi connectivity index (χ3n) is 4.28. The standard InChI is InChI=1S/C21H17N3O3S2/c25-20(15-29(26,27)17-9-2-1-3-10-17)24(14-16-8-6-7-13-22-16)21-23-18-11-4-5-12-19(18)28-21/h1-13H,14-15H2. The first kappa shape index (κ1) is 19.2. The summed E-state index contributed by atoms with van der Waals surface area (Å²) in [6.45, 7) is 0.143. The van der Waals surface area contributed by atoms with Crippen LogP contribution in [0.25, 0.3) is 10.2 Å². The molecule has 4 aromatic rings. The van der Waals surface area contributed by atoms with E-state index >= 15 is 0 Å². The van der Waals surface area contributed by atoms with Crippen LogP contribution in [-0.4, -0.2) is 30.0 Å². The van der Waals surface area contributed by atoms with Crippen molar-refractivity contribution < 1.29 is 13.2 Å². The number of fused-ring (bicyclic) bond motifs is 1. The van der Waals surface area contributed by atoms with Crippen molar-refractivity contribution in [1.29, 1.82) is 0 Å². The normalized spacial score (nSPS) is 11.4. The van der Waals surface area contributed by atoms with E-state index in [-0.39, 0.29) is 11.4 Å². The van der Waals surface area contributed by atoms with Crippen LogP contribution in [0.1, 0.15) is 5.69 Å². The molecule has 0 unspecified atom stereocenters. The summed E-state index contributed by atoms with van der Waals surface area (Å²) >= 11 is 1.35. The van der Waals surface area contributed by atoms with E-state index in [0.29, 0.717) is 10.8 Å². The van der Waals surface area contributed by atoms with Crippen molar-refractivity contribution in [3.8, 4) is 0 Å². The highest BCUT2D eigenvalue weighted by Crippen LogP contribution is 2.30. The van der Waals surface area contributed by atoms with Gasteiger partial charge in [0.25, 0.3) is 0 Å². The van der Waals surface area contributed by atoms with Crippen molar-refractivity contribution in [1.82, 2.24) is 9.97 Å². The van der Waals surface area contributed by atoms with Gasteiger partial charge in [0, 0.05) is 6.20 Å². The van der Waals surface area contributed by atoms with E-state index in [0.717, 1.165) is 10.2 Å². The van der Waals surface area contributed by atoms with Crippen LogP contribution in [0, 0.1) is 0 Å². The summed E-state index contributed by atoms with van der Waals surface area (Å²) in [6, 6.07) is 20.9. The Balaban J connectivity index is 1.68. The second-order valence-electron chi connectivity index (χ2n) is 6.34. The first-order valence-electron chi connectivity index (χ1n) is 8.86. The van der Waals surface area contributed by atoms with Gasteiger partial charge in [-0.2, -0.15) is 0 Å². The second kappa shape index (κ2) is 8.10. The second-order valence-corrected chi connectivity index (χ2v) is 9.34. The number of hydrogen-bond donors (Lipinski definition) is 0. The third kappa shape index (κ3) is 4.33. The molecule has 0 saturated heterocycles. The molecule has 1 amide bonds. The maximum absolute atomic E-state index is 13.1. The number of amides is 1. The van der Waals surface area contributed by atoms with Crippen LogP contribution in [0.3, 0.4) is 0 Å². The van der Waals surface area contributed by atoms with Crippen molar-refractivity contribution >= 4 is 42.4 Å². The van der Waals surface area contributed by atoms with Crippen molar-refractivity contribution in [2.45, 2.75) is 11.4 Å². The molecule has 0 atom stereocenters. The van der Waals surface area contributed by atoms with Gasteiger partial charge in [-0.25, -0.2) is 13.4 Å². The zero-order chi connectivity index (χ0) is 20.3. The van der Waals surface area contributed by atoms with Crippen molar-refractivity contribution in [3.63, 3.8) is 0 Å². The number of nitrogens with zero attached hydrogens (tertiary/aromatic N) is 3. The zero-order valence-electron chi connectivity index (χ0n) is 15.3. The summed E-state index contributed by atoms with van der Waals surface area (Å²) in [4.78, 5) is 23.4. The number of carbonyl (C=O) groups excluding carboxylic acids is 1. The SMILES string of the molecule is O=C(CS(=O)(=O)c1ccccc1)N(Cc1ccccn1)c1nc2ccccc2s1. The summed E-state index contributed by atoms with van der Waals surface area (Å²) in [7, 11) is -3.77. The van der Waals surface area contributed by atoms with E-state index in [1.807, 2.05) is 30.3 Å². The number of sulfone groups is 1. The average Bonchev–Trinajstić information content (AvgIpc) is 3.17. The molecule has 0 radical (unpaired) electrons. The van der Waals surface area contributed by atoms with Crippen LogP contribution in [-0.2, 0) is 21.2 Å². The average molecular weight is 424 g/mol. The van der Waals surface area contributed by atoms with Gasteiger partial charge in [0.05, 0.1) is 27.4 Å². The van der Waals surface area contributed by atoms with E-state index in [1.54, 1.807) is 36.5 Å². The zero-order valence-corrected chi connectivity index (χ0v) is 16.9. The largest absolute Gasteiger partial charge is 0.281 e. The van der Waals surface area contributed by atoms with E-state index in [2.05, 4.69) is 9.97 Å². The number of pyridine rings is 1. The molecule has 2 aromatic heterocycles. The first-order chi connectivity index (χ1) is 14.0. The number of anilines is 1. The van der Waals surface area contributed by atoms with Crippen LogP contribution < -0.4 is 4.90 Å². The molecule has 0 spiro atoms. The number of carbonyl (C=O) groups is 1. The lowest BCUT2D eigenvalue weighted by Crippen LogP contribution is -2.35.